The first-order chi connectivity index (χ1) is 11.5. The predicted molar refractivity (Wildman–Crippen MR) is 94.0 cm³/mol. The third-order valence-electron chi connectivity index (χ3n) is 4.33. The zero-order chi connectivity index (χ0) is 16.7. The maximum absolute atomic E-state index is 12.7. The van der Waals surface area contributed by atoms with Gasteiger partial charge in [-0.1, -0.05) is 29.8 Å². The normalized spacial score (nSPS) is 13.9. The van der Waals surface area contributed by atoms with Gasteiger partial charge in [-0.15, -0.1) is 0 Å². The van der Waals surface area contributed by atoms with Crippen molar-refractivity contribution in [1.29, 1.82) is 0 Å². The first-order valence-corrected chi connectivity index (χ1v) is 10.1. The van der Waals surface area contributed by atoms with Crippen molar-refractivity contribution in [2.45, 2.75) is 35.4 Å². The molecule has 0 atom stereocenters. The van der Waals surface area contributed by atoms with Gasteiger partial charge in [-0.2, -0.15) is 4.37 Å². The minimum atomic E-state index is -3.61. The minimum absolute atomic E-state index is 0.0434. The van der Waals surface area contributed by atoms with Crippen LogP contribution in [0.4, 0.5) is 0 Å². The summed E-state index contributed by atoms with van der Waals surface area (Å²) >= 11 is 0.935. The molecule has 0 radical (unpaired) electrons. The average Bonchev–Trinajstić information content (AvgIpc) is 3.24. The van der Waals surface area contributed by atoms with Crippen molar-refractivity contribution in [3.63, 3.8) is 0 Å². The molecule has 2 aromatic carbocycles. The van der Waals surface area contributed by atoms with Crippen molar-refractivity contribution in [2.75, 3.05) is 0 Å². The van der Waals surface area contributed by atoms with E-state index in [1.807, 2.05) is 13.0 Å². The topological polar surface area (TPSA) is 59.9 Å². The second-order valence-electron chi connectivity index (χ2n) is 6.04. The number of aromatic nitrogens is 2. The molecule has 0 saturated carbocycles. The second kappa shape index (κ2) is 5.79. The molecule has 1 aromatic heterocycles. The molecule has 6 heteroatoms. The van der Waals surface area contributed by atoms with Crippen LogP contribution in [0, 0.1) is 6.92 Å². The van der Waals surface area contributed by atoms with Gasteiger partial charge in [0.25, 0.3) is 0 Å². The zero-order valence-corrected chi connectivity index (χ0v) is 14.8. The SMILES string of the molecule is Cc1ccc(S(=O)(=O)c2nc(-c3ccc4c(c3)CCC4)ns2)cc1. The van der Waals surface area contributed by atoms with Gasteiger partial charge in [0.05, 0.1) is 4.90 Å². The molecule has 122 valence electrons. The van der Waals surface area contributed by atoms with E-state index in [9.17, 15) is 8.42 Å². The predicted octanol–water partition coefficient (Wildman–Crippen LogP) is 3.84. The fourth-order valence-electron chi connectivity index (χ4n) is 2.97. The van der Waals surface area contributed by atoms with E-state index in [0.29, 0.717) is 5.82 Å². The highest BCUT2D eigenvalue weighted by atomic mass is 32.2. The molecule has 24 heavy (non-hydrogen) atoms. The molecule has 0 unspecified atom stereocenters. The van der Waals surface area contributed by atoms with Crippen molar-refractivity contribution in [3.8, 4) is 11.4 Å². The molecule has 0 spiro atoms. The van der Waals surface area contributed by atoms with Gasteiger partial charge in [0.2, 0.25) is 14.2 Å². The standard InChI is InChI=1S/C18H16N2O2S2/c1-12-5-9-16(10-6-12)24(21,22)18-19-17(20-23-18)15-8-7-13-3-2-4-14(13)11-15/h5-11H,2-4H2,1H3. The van der Waals surface area contributed by atoms with E-state index in [4.69, 9.17) is 0 Å². The monoisotopic (exact) mass is 356 g/mol. The van der Waals surface area contributed by atoms with Gasteiger partial charge in [0.1, 0.15) is 0 Å². The van der Waals surface area contributed by atoms with E-state index in [1.54, 1.807) is 24.3 Å². The first-order valence-electron chi connectivity index (χ1n) is 7.82. The lowest BCUT2D eigenvalue weighted by molar-refractivity contribution is 0.595. The molecule has 4 nitrogen and oxygen atoms in total. The molecule has 1 heterocycles. The van der Waals surface area contributed by atoms with Crippen LogP contribution in [0.2, 0.25) is 0 Å². The number of hydrogen-bond donors (Lipinski definition) is 0. The maximum Gasteiger partial charge on any atom is 0.235 e. The molecule has 0 saturated heterocycles. The number of aryl methyl sites for hydroxylation is 3. The van der Waals surface area contributed by atoms with Gasteiger partial charge in [0, 0.05) is 5.56 Å². The summed E-state index contributed by atoms with van der Waals surface area (Å²) in [4.78, 5) is 4.55. The summed E-state index contributed by atoms with van der Waals surface area (Å²) in [5, 5.41) is 0. The largest absolute Gasteiger partial charge is 0.235 e. The van der Waals surface area contributed by atoms with E-state index in [2.05, 4.69) is 21.5 Å². The van der Waals surface area contributed by atoms with Crippen LogP contribution >= 0.6 is 11.5 Å². The molecular weight excluding hydrogens is 340 g/mol. The summed E-state index contributed by atoms with van der Waals surface area (Å²) in [7, 11) is -3.61. The molecule has 1 aliphatic rings. The number of hydrogen-bond acceptors (Lipinski definition) is 5. The summed E-state index contributed by atoms with van der Waals surface area (Å²) in [5.74, 6) is 0.486. The molecule has 3 aromatic rings. The van der Waals surface area contributed by atoms with Gasteiger partial charge in [-0.25, -0.2) is 13.4 Å². The molecule has 4 rings (SSSR count). The van der Waals surface area contributed by atoms with Crippen molar-refractivity contribution in [2.24, 2.45) is 0 Å². The summed E-state index contributed by atoms with van der Waals surface area (Å²) in [6.07, 6.45) is 3.37. The van der Waals surface area contributed by atoms with Gasteiger partial charge in [-0.3, -0.25) is 0 Å². The Morgan fingerprint density at radius 3 is 2.54 bits per heavy atom. The van der Waals surface area contributed by atoms with Gasteiger partial charge >= 0.3 is 0 Å². The van der Waals surface area contributed by atoms with E-state index in [-0.39, 0.29) is 9.24 Å². The zero-order valence-electron chi connectivity index (χ0n) is 13.2. The molecule has 1 aliphatic carbocycles. The Hall–Kier alpha value is -2.05. The molecule has 0 amide bonds. The van der Waals surface area contributed by atoms with Gasteiger partial charge in [-0.05, 0) is 67.0 Å². The highest BCUT2D eigenvalue weighted by molar-refractivity contribution is 7.93. The summed E-state index contributed by atoms with van der Waals surface area (Å²) in [5.41, 5.74) is 4.61. The van der Waals surface area contributed by atoms with Crippen LogP contribution in [-0.4, -0.2) is 17.8 Å². The van der Waals surface area contributed by atoms with Crippen molar-refractivity contribution < 1.29 is 8.42 Å². The van der Waals surface area contributed by atoms with Crippen LogP contribution < -0.4 is 0 Å². The van der Waals surface area contributed by atoms with Crippen LogP contribution in [0.15, 0.2) is 51.7 Å². The smallest absolute Gasteiger partial charge is 0.216 e. The highest BCUT2D eigenvalue weighted by Crippen LogP contribution is 2.29. The van der Waals surface area contributed by atoms with Crippen LogP contribution in [0.25, 0.3) is 11.4 Å². The lowest BCUT2D eigenvalue weighted by atomic mass is 10.1. The van der Waals surface area contributed by atoms with E-state index in [0.717, 1.165) is 35.5 Å². The third-order valence-corrected chi connectivity index (χ3v) is 7.16. The third kappa shape index (κ3) is 2.65. The van der Waals surface area contributed by atoms with Gasteiger partial charge < -0.3 is 0 Å². The van der Waals surface area contributed by atoms with Crippen LogP contribution in [-0.2, 0) is 22.7 Å². The number of benzene rings is 2. The Morgan fingerprint density at radius 1 is 1.00 bits per heavy atom. The molecule has 0 fully saturated rings. The molecule has 0 aliphatic heterocycles. The highest BCUT2D eigenvalue weighted by Gasteiger charge is 2.23. The fourth-order valence-corrected chi connectivity index (χ4v) is 5.10. The summed E-state index contributed by atoms with van der Waals surface area (Å²) < 4.78 is 29.7. The van der Waals surface area contributed by atoms with Gasteiger partial charge in [0.15, 0.2) is 5.82 Å². The lowest BCUT2D eigenvalue weighted by Gasteiger charge is -2.02. The van der Waals surface area contributed by atoms with Crippen LogP contribution in [0.5, 0.6) is 0 Å². The Morgan fingerprint density at radius 2 is 1.75 bits per heavy atom. The fraction of sp³-hybridized carbons (Fsp3) is 0.222. The Kier molecular flexibility index (Phi) is 3.73. The summed E-state index contributed by atoms with van der Waals surface area (Å²) in [6, 6.07) is 13.0. The Balaban J connectivity index is 1.71. The number of rotatable bonds is 3. The van der Waals surface area contributed by atoms with Crippen LogP contribution in [0.1, 0.15) is 23.1 Å². The average molecular weight is 356 g/mol. The molecule has 0 bridgehead atoms. The van der Waals surface area contributed by atoms with Crippen LogP contribution in [0.3, 0.4) is 0 Å². The number of nitrogens with zero attached hydrogens (tertiary/aromatic N) is 2. The van der Waals surface area contributed by atoms with Crippen molar-refractivity contribution in [1.82, 2.24) is 9.36 Å². The van der Waals surface area contributed by atoms with Crippen molar-refractivity contribution >= 4 is 21.4 Å². The summed E-state index contributed by atoms with van der Waals surface area (Å²) in [6.45, 7) is 1.92. The van der Waals surface area contributed by atoms with E-state index in [1.165, 1.54) is 17.5 Å². The minimum Gasteiger partial charge on any atom is -0.216 e. The Labute approximate surface area is 145 Å². The Bertz CT molecular complexity index is 1010. The lowest BCUT2D eigenvalue weighted by Crippen LogP contribution is -2.01. The number of sulfone groups is 1. The second-order valence-corrected chi connectivity index (χ2v) is 8.91. The van der Waals surface area contributed by atoms with Crippen molar-refractivity contribution in [3.05, 3.63) is 59.2 Å². The van der Waals surface area contributed by atoms with E-state index >= 15 is 0 Å². The quantitative estimate of drug-likeness (QED) is 0.715. The van der Waals surface area contributed by atoms with E-state index < -0.39 is 9.84 Å². The molecule has 0 N–H and O–H groups in total. The first kappa shape index (κ1) is 15.5. The molecular formula is C18H16N2O2S2. The number of fused-ring (bicyclic) bond motifs is 1. The maximum atomic E-state index is 12.7.